The van der Waals surface area contributed by atoms with Gasteiger partial charge in [0.25, 0.3) is 0 Å². The number of fused-ring (bicyclic) bond motifs is 1. The first-order valence-electron chi connectivity index (χ1n) is 9.22. The Morgan fingerprint density at radius 2 is 1.64 bits per heavy atom. The van der Waals surface area contributed by atoms with Gasteiger partial charge in [-0.15, -0.1) is 0 Å². The molecule has 0 amide bonds. The van der Waals surface area contributed by atoms with Gasteiger partial charge in [0.15, 0.2) is 0 Å². The van der Waals surface area contributed by atoms with E-state index in [1.54, 1.807) is 6.33 Å². The standard InChI is InChI=1S/C18H23N7/c1-3-15-16(4-1)21-13-22-17(15)25-11-14(12-25)23-7-9-24(10-8-23)18-19-5-2-6-20-18/h2,5-6,13-14H,1,3-4,7-12H2. The average molecular weight is 337 g/mol. The molecule has 0 atom stereocenters. The van der Waals surface area contributed by atoms with Crippen LogP contribution in [0.1, 0.15) is 17.7 Å². The second-order valence-electron chi connectivity index (χ2n) is 7.11. The predicted octanol–water partition coefficient (Wildman–Crippen LogP) is 0.766. The average Bonchev–Trinajstić information content (AvgIpc) is 3.11. The smallest absolute Gasteiger partial charge is 0.225 e. The molecular formula is C18H23N7. The van der Waals surface area contributed by atoms with Crippen LogP contribution in [0.3, 0.4) is 0 Å². The van der Waals surface area contributed by atoms with E-state index in [2.05, 4.69) is 34.6 Å². The molecule has 4 heterocycles. The Bertz CT molecular complexity index is 736. The number of anilines is 2. The summed E-state index contributed by atoms with van der Waals surface area (Å²) in [5.41, 5.74) is 2.66. The molecule has 7 heteroatoms. The van der Waals surface area contributed by atoms with Gasteiger partial charge in [0.2, 0.25) is 5.95 Å². The van der Waals surface area contributed by atoms with Crippen molar-refractivity contribution in [3.05, 3.63) is 36.0 Å². The number of rotatable bonds is 3. The molecule has 3 aliphatic rings. The summed E-state index contributed by atoms with van der Waals surface area (Å²) < 4.78 is 0. The highest BCUT2D eigenvalue weighted by atomic mass is 15.4. The van der Waals surface area contributed by atoms with Crippen molar-refractivity contribution in [1.82, 2.24) is 24.8 Å². The summed E-state index contributed by atoms with van der Waals surface area (Å²) in [6.07, 6.45) is 8.86. The van der Waals surface area contributed by atoms with E-state index in [9.17, 15) is 0 Å². The number of hydrogen-bond donors (Lipinski definition) is 0. The summed E-state index contributed by atoms with van der Waals surface area (Å²) >= 11 is 0. The Morgan fingerprint density at radius 3 is 2.44 bits per heavy atom. The molecule has 0 saturated carbocycles. The third kappa shape index (κ3) is 2.72. The van der Waals surface area contributed by atoms with Crippen molar-refractivity contribution in [2.45, 2.75) is 25.3 Å². The van der Waals surface area contributed by atoms with Crippen LogP contribution < -0.4 is 9.80 Å². The molecule has 25 heavy (non-hydrogen) atoms. The SMILES string of the molecule is c1cnc(N2CCN(C3CN(c4ncnc5c4CCC5)C3)CC2)nc1. The maximum absolute atomic E-state index is 4.58. The van der Waals surface area contributed by atoms with Crippen molar-refractivity contribution >= 4 is 11.8 Å². The molecule has 0 unspecified atom stereocenters. The predicted molar refractivity (Wildman–Crippen MR) is 95.9 cm³/mol. The minimum absolute atomic E-state index is 0.644. The largest absolute Gasteiger partial charge is 0.353 e. The lowest BCUT2D eigenvalue weighted by molar-refractivity contribution is 0.156. The maximum Gasteiger partial charge on any atom is 0.225 e. The topological polar surface area (TPSA) is 61.3 Å². The van der Waals surface area contributed by atoms with Gasteiger partial charge in [-0.25, -0.2) is 19.9 Å². The molecule has 0 N–H and O–H groups in total. The third-order valence-electron chi connectivity index (χ3n) is 5.68. The van der Waals surface area contributed by atoms with E-state index in [1.807, 2.05) is 18.5 Å². The zero-order valence-corrected chi connectivity index (χ0v) is 14.4. The molecule has 1 aliphatic carbocycles. The molecule has 2 aliphatic heterocycles. The van der Waals surface area contributed by atoms with Crippen molar-refractivity contribution in [1.29, 1.82) is 0 Å². The second-order valence-corrected chi connectivity index (χ2v) is 7.11. The van der Waals surface area contributed by atoms with Crippen LogP contribution in [-0.4, -0.2) is 70.1 Å². The molecule has 7 nitrogen and oxygen atoms in total. The molecule has 0 bridgehead atoms. The first-order valence-corrected chi connectivity index (χ1v) is 9.22. The Hall–Kier alpha value is -2.28. The van der Waals surface area contributed by atoms with Crippen LogP contribution in [0.4, 0.5) is 11.8 Å². The van der Waals surface area contributed by atoms with Crippen molar-refractivity contribution in [3.63, 3.8) is 0 Å². The second kappa shape index (κ2) is 6.22. The highest BCUT2D eigenvalue weighted by molar-refractivity contribution is 5.52. The van der Waals surface area contributed by atoms with E-state index < -0.39 is 0 Å². The quantitative estimate of drug-likeness (QED) is 0.820. The van der Waals surface area contributed by atoms with Crippen LogP contribution in [0, 0.1) is 0 Å². The van der Waals surface area contributed by atoms with Crippen LogP contribution in [0.25, 0.3) is 0 Å². The van der Waals surface area contributed by atoms with Gasteiger partial charge < -0.3 is 9.80 Å². The minimum Gasteiger partial charge on any atom is -0.353 e. The molecule has 0 aromatic carbocycles. The van der Waals surface area contributed by atoms with E-state index in [0.717, 1.165) is 58.1 Å². The van der Waals surface area contributed by atoms with Crippen molar-refractivity contribution < 1.29 is 0 Å². The Kier molecular flexibility index (Phi) is 3.73. The van der Waals surface area contributed by atoms with E-state index >= 15 is 0 Å². The molecule has 2 aromatic heterocycles. The van der Waals surface area contributed by atoms with Crippen LogP contribution in [0.5, 0.6) is 0 Å². The molecule has 2 fully saturated rings. The highest BCUT2D eigenvalue weighted by Crippen LogP contribution is 2.31. The lowest BCUT2D eigenvalue weighted by Crippen LogP contribution is -2.63. The van der Waals surface area contributed by atoms with Crippen LogP contribution in [-0.2, 0) is 12.8 Å². The summed E-state index contributed by atoms with van der Waals surface area (Å²) in [5, 5.41) is 0. The number of aryl methyl sites for hydroxylation is 1. The lowest BCUT2D eigenvalue weighted by atomic mass is 10.0. The van der Waals surface area contributed by atoms with E-state index in [0.29, 0.717) is 6.04 Å². The molecule has 5 rings (SSSR count). The zero-order chi connectivity index (χ0) is 16.6. The fourth-order valence-corrected chi connectivity index (χ4v) is 4.22. The molecule has 2 saturated heterocycles. The van der Waals surface area contributed by atoms with Gasteiger partial charge in [-0.1, -0.05) is 0 Å². The zero-order valence-electron chi connectivity index (χ0n) is 14.4. The van der Waals surface area contributed by atoms with Crippen molar-refractivity contribution in [2.24, 2.45) is 0 Å². The van der Waals surface area contributed by atoms with Crippen molar-refractivity contribution in [3.8, 4) is 0 Å². The minimum atomic E-state index is 0.644. The number of aromatic nitrogens is 4. The summed E-state index contributed by atoms with van der Waals surface area (Å²) in [5.74, 6) is 2.05. The van der Waals surface area contributed by atoms with E-state index in [4.69, 9.17) is 0 Å². The van der Waals surface area contributed by atoms with E-state index in [-0.39, 0.29) is 0 Å². The Morgan fingerprint density at radius 1 is 0.840 bits per heavy atom. The van der Waals surface area contributed by atoms with Gasteiger partial charge >= 0.3 is 0 Å². The lowest BCUT2D eigenvalue weighted by Gasteiger charge is -2.48. The van der Waals surface area contributed by atoms with Gasteiger partial charge in [-0.3, -0.25) is 4.90 Å². The number of nitrogens with zero attached hydrogens (tertiary/aromatic N) is 7. The first kappa shape index (κ1) is 15.0. The van der Waals surface area contributed by atoms with Crippen LogP contribution >= 0.6 is 0 Å². The van der Waals surface area contributed by atoms with Gasteiger partial charge in [-0.2, -0.15) is 0 Å². The fraction of sp³-hybridized carbons (Fsp3) is 0.556. The summed E-state index contributed by atoms with van der Waals surface area (Å²) in [7, 11) is 0. The molecular weight excluding hydrogens is 314 g/mol. The summed E-state index contributed by atoms with van der Waals surface area (Å²) in [6, 6.07) is 2.51. The van der Waals surface area contributed by atoms with Gasteiger partial charge in [0.05, 0.1) is 0 Å². The maximum atomic E-state index is 4.58. The third-order valence-corrected chi connectivity index (χ3v) is 5.68. The van der Waals surface area contributed by atoms with Gasteiger partial charge in [0, 0.05) is 69.0 Å². The molecule has 2 aromatic rings. The summed E-state index contributed by atoms with van der Waals surface area (Å²) in [6.45, 7) is 6.35. The number of piperazine rings is 1. The van der Waals surface area contributed by atoms with Crippen molar-refractivity contribution in [2.75, 3.05) is 49.1 Å². The van der Waals surface area contributed by atoms with Crippen LogP contribution in [0.15, 0.2) is 24.8 Å². The molecule has 0 spiro atoms. The summed E-state index contributed by atoms with van der Waals surface area (Å²) in [4.78, 5) is 25.1. The van der Waals surface area contributed by atoms with Gasteiger partial charge in [0.1, 0.15) is 12.1 Å². The molecule has 130 valence electrons. The Labute approximate surface area is 147 Å². The van der Waals surface area contributed by atoms with E-state index in [1.165, 1.54) is 23.5 Å². The fourth-order valence-electron chi connectivity index (χ4n) is 4.22. The van der Waals surface area contributed by atoms with Gasteiger partial charge in [-0.05, 0) is 25.3 Å². The normalized spacial score (nSPS) is 21.3. The highest BCUT2D eigenvalue weighted by Gasteiger charge is 2.36. The number of hydrogen-bond acceptors (Lipinski definition) is 7. The first-order chi connectivity index (χ1) is 12.4. The Balaban J connectivity index is 1.18. The molecule has 0 radical (unpaired) electrons. The monoisotopic (exact) mass is 337 g/mol. The van der Waals surface area contributed by atoms with Crippen LogP contribution in [0.2, 0.25) is 0 Å².